The Labute approximate surface area is 111 Å². The Balaban J connectivity index is 2.28. The minimum absolute atomic E-state index is 0.332. The zero-order valence-electron chi connectivity index (χ0n) is 10.7. The molecule has 2 rings (SSSR count). The lowest BCUT2D eigenvalue weighted by Crippen LogP contribution is -2.23. The SMILES string of the molecule is CN(Cc1ccccc1)c1ncc(N)cc1C(N)=O. The van der Waals surface area contributed by atoms with Crippen molar-refractivity contribution in [2.24, 2.45) is 5.73 Å². The van der Waals surface area contributed by atoms with Crippen molar-refractivity contribution in [2.45, 2.75) is 6.54 Å². The van der Waals surface area contributed by atoms with Crippen LogP contribution in [0.5, 0.6) is 0 Å². The van der Waals surface area contributed by atoms with Crippen molar-refractivity contribution in [3.8, 4) is 0 Å². The van der Waals surface area contributed by atoms with Gasteiger partial charge in [-0.15, -0.1) is 0 Å². The number of anilines is 2. The van der Waals surface area contributed by atoms with Crippen LogP contribution < -0.4 is 16.4 Å². The maximum atomic E-state index is 11.4. The highest BCUT2D eigenvalue weighted by molar-refractivity contribution is 5.98. The molecular formula is C14H16N4O. The molecule has 0 aliphatic rings. The van der Waals surface area contributed by atoms with Gasteiger partial charge in [-0.05, 0) is 11.6 Å². The van der Waals surface area contributed by atoms with Gasteiger partial charge in [0.25, 0.3) is 5.91 Å². The Morgan fingerprint density at radius 1 is 1.32 bits per heavy atom. The number of nitrogen functional groups attached to an aromatic ring is 1. The topological polar surface area (TPSA) is 85.2 Å². The molecule has 1 heterocycles. The first-order chi connectivity index (χ1) is 9.08. The predicted molar refractivity (Wildman–Crippen MR) is 75.7 cm³/mol. The number of hydrogen-bond acceptors (Lipinski definition) is 4. The van der Waals surface area contributed by atoms with Gasteiger partial charge in [-0.1, -0.05) is 30.3 Å². The van der Waals surface area contributed by atoms with Gasteiger partial charge in [-0.25, -0.2) is 4.98 Å². The van der Waals surface area contributed by atoms with Gasteiger partial charge in [-0.3, -0.25) is 4.79 Å². The Kier molecular flexibility index (Phi) is 3.66. The molecule has 1 aromatic heterocycles. The van der Waals surface area contributed by atoms with E-state index in [4.69, 9.17) is 11.5 Å². The molecule has 0 aliphatic heterocycles. The number of carbonyl (C=O) groups excluding carboxylic acids is 1. The maximum Gasteiger partial charge on any atom is 0.252 e. The van der Waals surface area contributed by atoms with Crippen molar-refractivity contribution in [3.05, 3.63) is 53.7 Å². The van der Waals surface area contributed by atoms with Crippen molar-refractivity contribution in [1.29, 1.82) is 0 Å². The van der Waals surface area contributed by atoms with Gasteiger partial charge in [0.05, 0.1) is 17.4 Å². The van der Waals surface area contributed by atoms with Crippen LogP contribution in [-0.2, 0) is 6.54 Å². The number of nitrogens with zero attached hydrogens (tertiary/aromatic N) is 2. The first kappa shape index (κ1) is 12.9. The molecule has 0 bridgehead atoms. The van der Waals surface area contributed by atoms with Crippen LogP contribution in [0, 0.1) is 0 Å². The fourth-order valence-corrected chi connectivity index (χ4v) is 1.89. The highest BCUT2D eigenvalue weighted by Crippen LogP contribution is 2.20. The van der Waals surface area contributed by atoms with E-state index in [1.54, 1.807) is 6.07 Å². The molecule has 5 nitrogen and oxygen atoms in total. The summed E-state index contributed by atoms with van der Waals surface area (Å²) in [6, 6.07) is 11.5. The number of benzene rings is 1. The summed E-state index contributed by atoms with van der Waals surface area (Å²) in [4.78, 5) is 17.5. The maximum absolute atomic E-state index is 11.4. The molecule has 0 aliphatic carbocycles. The van der Waals surface area contributed by atoms with E-state index in [9.17, 15) is 4.79 Å². The number of primary amides is 1. The average Bonchev–Trinajstić information content (AvgIpc) is 2.39. The van der Waals surface area contributed by atoms with E-state index < -0.39 is 5.91 Å². The second-order valence-corrected chi connectivity index (χ2v) is 4.35. The van der Waals surface area contributed by atoms with Gasteiger partial charge in [0.15, 0.2) is 0 Å². The summed E-state index contributed by atoms with van der Waals surface area (Å²) in [5, 5.41) is 0. The largest absolute Gasteiger partial charge is 0.397 e. The molecule has 0 saturated heterocycles. The molecule has 0 atom stereocenters. The Bertz CT molecular complexity index is 583. The lowest BCUT2D eigenvalue weighted by atomic mass is 10.2. The first-order valence-electron chi connectivity index (χ1n) is 5.88. The molecule has 0 fully saturated rings. The van der Waals surface area contributed by atoms with Crippen LogP contribution in [0.3, 0.4) is 0 Å². The van der Waals surface area contributed by atoms with Gasteiger partial charge in [-0.2, -0.15) is 0 Å². The Hall–Kier alpha value is -2.56. The van der Waals surface area contributed by atoms with Crippen molar-refractivity contribution in [3.63, 3.8) is 0 Å². The number of hydrogen-bond donors (Lipinski definition) is 2. The average molecular weight is 256 g/mol. The number of amides is 1. The van der Waals surface area contributed by atoms with Crippen LogP contribution in [0.25, 0.3) is 0 Å². The zero-order valence-corrected chi connectivity index (χ0v) is 10.7. The Morgan fingerprint density at radius 2 is 2.00 bits per heavy atom. The summed E-state index contributed by atoms with van der Waals surface area (Å²) in [6.45, 7) is 0.637. The summed E-state index contributed by atoms with van der Waals surface area (Å²) in [5.41, 5.74) is 12.9. The highest BCUT2D eigenvalue weighted by Gasteiger charge is 2.14. The van der Waals surface area contributed by atoms with Gasteiger partial charge in [0.1, 0.15) is 5.82 Å². The molecule has 0 radical (unpaired) electrons. The molecule has 98 valence electrons. The fraction of sp³-hybridized carbons (Fsp3) is 0.143. The molecular weight excluding hydrogens is 240 g/mol. The minimum atomic E-state index is -0.533. The number of carbonyl (C=O) groups is 1. The van der Waals surface area contributed by atoms with E-state index >= 15 is 0 Å². The smallest absolute Gasteiger partial charge is 0.252 e. The predicted octanol–water partition coefficient (Wildman–Crippen LogP) is 1.40. The number of rotatable bonds is 4. The zero-order chi connectivity index (χ0) is 13.8. The summed E-state index contributed by atoms with van der Waals surface area (Å²) < 4.78 is 0. The van der Waals surface area contributed by atoms with Crippen molar-refractivity contribution >= 4 is 17.4 Å². The third-order valence-electron chi connectivity index (χ3n) is 2.78. The van der Waals surface area contributed by atoms with E-state index in [0.717, 1.165) is 5.56 Å². The van der Waals surface area contributed by atoms with E-state index in [2.05, 4.69) is 4.98 Å². The van der Waals surface area contributed by atoms with E-state index in [1.807, 2.05) is 42.3 Å². The van der Waals surface area contributed by atoms with Crippen molar-refractivity contribution in [1.82, 2.24) is 4.98 Å². The molecule has 1 aromatic carbocycles. The minimum Gasteiger partial charge on any atom is -0.397 e. The molecule has 1 amide bonds. The number of aromatic nitrogens is 1. The molecule has 0 saturated carbocycles. The normalized spacial score (nSPS) is 10.2. The summed E-state index contributed by atoms with van der Waals surface area (Å²) in [5.74, 6) is 0.000245. The van der Waals surface area contributed by atoms with Crippen LogP contribution in [-0.4, -0.2) is 17.9 Å². The molecule has 0 spiro atoms. The lowest BCUT2D eigenvalue weighted by molar-refractivity contribution is 0.100. The second kappa shape index (κ2) is 5.39. The third kappa shape index (κ3) is 3.01. The van der Waals surface area contributed by atoms with Gasteiger partial charge >= 0.3 is 0 Å². The summed E-state index contributed by atoms with van der Waals surface area (Å²) in [7, 11) is 1.86. The summed E-state index contributed by atoms with van der Waals surface area (Å²) >= 11 is 0. The second-order valence-electron chi connectivity index (χ2n) is 4.35. The van der Waals surface area contributed by atoms with Crippen molar-refractivity contribution in [2.75, 3.05) is 17.7 Å². The molecule has 4 N–H and O–H groups in total. The van der Waals surface area contributed by atoms with E-state index in [-0.39, 0.29) is 0 Å². The first-order valence-corrected chi connectivity index (χ1v) is 5.88. The van der Waals surface area contributed by atoms with Gasteiger partial charge in [0.2, 0.25) is 0 Å². The van der Waals surface area contributed by atoms with Crippen LogP contribution in [0.4, 0.5) is 11.5 Å². The van der Waals surface area contributed by atoms with Crippen LogP contribution in [0.2, 0.25) is 0 Å². The lowest BCUT2D eigenvalue weighted by Gasteiger charge is -2.20. The van der Waals surface area contributed by atoms with Gasteiger partial charge < -0.3 is 16.4 Å². The Morgan fingerprint density at radius 3 is 2.63 bits per heavy atom. The number of pyridine rings is 1. The van der Waals surface area contributed by atoms with Crippen LogP contribution >= 0.6 is 0 Å². The van der Waals surface area contributed by atoms with Crippen molar-refractivity contribution < 1.29 is 4.79 Å². The molecule has 2 aromatic rings. The van der Waals surface area contributed by atoms with Gasteiger partial charge in [0, 0.05) is 13.6 Å². The van der Waals surface area contributed by atoms with E-state index in [1.165, 1.54) is 6.20 Å². The monoisotopic (exact) mass is 256 g/mol. The molecule has 0 unspecified atom stereocenters. The quantitative estimate of drug-likeness (QED) is 0.865. The molecule has 5 heteroatoms. The van der Waals surface area contributed by atoms with E-state index in [0.29, 0.717) is 23.6 Å². The highest BCUT2D eigenvalue weighted by atomic mass is 16.1. The fourth-order valence-electron chi connectivity index (χ4n) is 1.89. The molecule has 19 heavy (non-hydrogen) atoms. The third-order valence-corrected chi connectivity index (χ3v) is 2.78. The summed E-state index contributed by atoms with van der Waals surface area (Å²) in [6.07, 6.45) is 1.52. The number of nitrogens with two attached hydrogens (primary N) is 2. The van der Waals surface area contributed by atoms with Crippen LogP contribution in [0.15, 0.2) is 42.6 Å². The standard InChI is InChI=1S/C14H16N4O/c1-18(9-10-5-3-2-4-6-10)14-12(13(16)19)7-11(15)8-17-14/h2-8H,9,15H2,1H3,(H2,16,19). The van der Waals surface area contributed by atoms with Crippen LogP contribution in [0.1, 0.15) is 15.9 Å².